The average Bonchev–Trinajstić information content (AvgIpc) is 2.72. The van der Waals surface area contributed by atoms with Crippen molar-refractivity contribution in [2.75, 3.05) is 14.2 Å². The van der Waals surface area contributed by atoms with Crippen molar-refractivity contribution in [1.29, 1.82) is 5.26 Å². The molecule has 0 aliphatic rings. The van der Waals surface area contributed by atoms with E-state index in [1.54, 1.807) is 12.1 Å². The van der Waals surface area contributed by atoms with Crippen LogP contribution in [-0.4, -0.2) is 40.1 Å². The number of carbonyl (C=O) groups is 1. The first-order valence-electron chi connectivity index (χ1n) is 7.70. The molecule has 0 aliphatic heterocycles. The normalized spacial score (nSPS) is 11.0. The van der Waals surface area contributed by atoms with Gasteiger partial charge in [0, 0.05) is 17.8 Å². The summed E-state index contributed by atoms with van der Waals surface area (Å²) in [5.41, 5.74) is -0.794. The summed E-state index contributed by atoms with van der Waals surface area (Å²) in [6.07, 6.45) is 2.78. The number of aliphatic hydroxyl groups is 1. The maximum Gasteiger partial charge on any atom is 0.315 e. The summed E-state index contributed by atoms with van der Waals surface area (Å²) in [5, 5.41) is 33.4. The third-order valence-corrected chi connectivity index (χ3v) is 3.58. The van der Waals surface area contributed by atoms with Gasteiger partial charge in [-0.1, -0.05) is 0 Å². The van der Waals surface area contributed by atoms with Crippen LogP contribution in [-0.2, 0) is 11.3 Å². The van der Waals surface area contributed by atoms with Crippen LogP contribution >= 0.6 is 0 Å². The summed E-state index contributed by atoms with van der Waals surface area (Å²) in [6.45, 7) is -0.00804. The summed E-state index contributed by atoms with van der Waals surface area (Å²) in [4.78, 5) is 30.5. The Morgan fingerprint density at radius 2 is 2.14 bits per heavy atom. The van der Waals surface area contributed by atoms with Crippen molar-refractivity contribution < 1.29 is 24.3 Å². The van der Waals surface area contributed by atoms with E-state index >= 15 is 0 Å². The number of carbonyl (C=O) groups excluding carboxylic acids is 1. The van der Waals surface area contributed by atoms with Crippen LogP contribution in [0.1, 0.15) is 11.3 Å². The van der Waals surface area contributed by atoms with Gasteiger partial charge in [0.05, 0.1) is 31.4 Å². The molecule has 2 N–H and O–H groups in total. The molecule has 0 spiro atoms. The second kappa shape index (κ2) is 8.95. The van der Waals surface area contributed by atoms with Crippen molar-refractivity contribution in [2.45, 2.75) is 6.54 Å². The largest absolute Gasteiger partial charge is 0.506 e. The molecule has 0 saturated heterocycles. The molecular formula is C17H15N5O6. The number of methoxy groups -OCH3 is 2. The number of nitriles is 1. The number of nitrogens with one attached hydrogen (secondary N) is 1. The van der Waals surface area contributed by atoms with E-state index in [0.717, 1.165) is 6.07 Å². The molecule has 0 fully saturated rings. The molecule has 1 amide bonds. The number of nitro benzene ring substituents is 1. The van der Waals surface area contributed by atoms with Crippen LogP contribution in [0.15, 0.2) is 36.3 Å². The van der Waals surface area contributed by atoms with E-state index in [-0.39, 0.29) is 23.6 Å². The molecule has 28 heavy (non-hydrogen) atoms. The number of ether oxygens (including phenoxy) is 2. The Kier molecular flexibility index (Phi) is 6.43. The molecule has 11 nitrogen and oxygen atoms in total. The second-order valence-electron chi connectivity index (χ2n) is 5.21. The van der Waals surface area contributed by atoms with E-state index in [9.17, 15) is 25.3 Å². The van der Waals surface area contributed by atoms with Crippen LogP contribution in [0.3, 0.4) is 0 Å². The zero-order chi connectivity index (χ0) is 20.7. The van der Waals surface area contributed by atoms with E-state index in [1.165, 1.54) is 32.8 Å². The predicted octanol–water partition coefficient (Wildman–Crippen LogP) is 1.51. The number of amides is 1. The molecule has 1 aromatic heterocycles. The van der Waals surface area contributed by atoms with Crippen molar-refractivity contribution in [3.8, 4) is 17.6 Å². The third kappa shape index (κ3) is 4.31. The Balaban J connectivity index is 2.41. The van der Waals surface area contributed by atoms with Gasteiger partial charge in [-0.2, -0.15) is 5.26 Å². The van der Waals surface area contributed by atoms with E-state index in [4.69, 9.17) is 9.47 Å². The van der Waals surface area contributed by atoms with E-state index in [1.807, 2.05) is 0 Å². The fourth-order valence-corrected chi connectivity index (χ4v) is 2.25. The number of hydrogen-bond donors (Lipinski definition) is 2. The zero-order valence-electron chi connectivity index (χ0n) is 14.9. The topological polar surface area (TPSA) is 160 Å². The first-order chi connectivity index (χ1) is 13.4. The smallest absolute Gasteiger partial charge is 0.315 e. The first-order valence-corrected chi connectivity index (χ1v) is 7.70. The minimum atomic E-state index is -0.879. The Labute approximate surface area is 159 Å². The molecule has 0 aliphatic carbocycles. The molecular weight excluding hydrogens is 370 g/mol. The highest BCUT2D eigenvalue weighted by molar-refractivity contribution is 6.03. The number of nitrogens with zero attached hydrogens (tertiary/aromatic N) is 4. The number of rotatable bonds is 7. The van der Waals surface area contributed by atoms with Crippen LogP contribution in [0.25, 0.3) is 5.76 Å². The van der Waals surface area contributed by atoms with Crippen LogP contribution in [0, 0.1) is 21.4 Å². The summed E-state index contributed by atoms with van der Waals surface area (Å²) < 4.78 is 10.0. The van der Waals surface area contributed by atoms with Crippen molar-refractivity contribution >= 4 is 17.4 Å². The predicted molar refractivity (Wildman–Crippen MR) is 95.2 cm³/mol. The standard InChI is InChI=1S/C17H15N5O6/c1-27-14-6-10(5-13(22(25)26)16(14)28-2)15(23)12(7-18)17(24)20-8-11-3-4-19-9-21-11/h3-6,9,23H,8H2,1-2H3,(H,20,24)/b15-12-. The molecule has 1 heterocycles. The van der Waals surface area contributed by atoms with Crippen molar-refractivity contribution in [3.63, 3.8) is 0 Å². The minimum Gasteiger partial charge on any atom is -0.506 e. The molecule has 1 aromatic carbocycles. The second-order valence-corrected chi connectivity index (χ2v) is 5.21. The number of aromatic nitrogens is 2. The first kappa shape index (κ1) is 20.1. The number of hydrogen-bond acceptors (Lipinski definition) is 9. The lowest BCUT2D eigenvalue weighted by Crippen LogP contribution is -2.25. The molecule has 144 valence electrons. The van der Waals surface area contributed by atoms with Gasteiger partial charge in [0.15, 0.2) is 11.3 Å². The maximum atomic E-state index is 12.3. The lowest BCUT2D eigenvalue weighted by atomic mass is 10.1. The van der Waals surface area contributed by atoms with Crippen molar-refractivity contribution in [1.82, 2.24) is 15.3 Å². The van der Waals surface area contributed by atoms with Crippen LogP contribution in [0.5, 0.6) is 11.5 Å². The minimum absolute atomic E-state index is 0.00804. The van der Waals surface area contributed by atoms with E-state index < -0.39 is 27.9 Å². The molecule has 0 radical (unpaired) electrons. The van der Waals surface area contributed by atoms with Gasteiger partial charge in [0.2, 0.25) is 5.75 Å². The summed E-state index contributed by atoms with van der Waals surface area (Å²) in [5.74, 6) is -1.82. The molecule has 2 aromatic rings. The fourth-order valence-electron chi connectivity index (χ4n) is 2.25. The lowest BCUT2D eigenvalue weighted by molar-refractivity contribution is -0.385. The molecule has 0 unspecified atom stereocenters. The van der Waals surface area contributed by atoms with Gasteiger partial charge >= 0.3 is 5.69 Å². The van der Waals surface area contributed by atoms with Crippen LogP contribution < -0.4 is 14.8 Å². The number of nitro groups is 1. The number of benzene rings is 1. The SMILES string of the molecule is COc1cc(/C(O)=C(\C#N)C(=O)NCc2ccncn2)cc([N+](=O)[O-])c1OC. The Hall–Kier alpha value is -4.20. The Morgan fingerprint density at radius 1 is 1.39 bits per heavy atom. The van der Waals surface area contributed by atoms with Gasteiger partial charge in [-0.15, -0.1) is 0 Å². The summed E-state index contributed by atoms with van der Waals surface area (Å²) in [7, 11) is 2.48. The maximum absolute atomic E-state index is 12.3. The molecule has 0 atom stereocenters. The van der Waals surface area contributed by atoms with Gasteiger partial charge in [0.25, 0.3) is 5.91 Å². The summed E-state index contributed by atoms with van der Waals surface area (Å²) >= 11 is 0. The van der Waals surface area contributed by atoms with Gasteiger partial charge in [-0.25, -0.2) is 9.97 Å². The highest BCUT2D eigenvalue weighted by Crippen LogP contribution is 2.39. The van der Waals surface area contributed by atoms with Crippen LogP contribution in [0.4, 0.5) is 5.69 Å². The molecule has 2 rings (SSSR count). The van der Waals surface area contributed by atoms with Gasteiger partial charge in [-0.05, 0) is 12.1 Å². The monoisotopic (exact) mass is 385 g/mol. The highest BCUT2D eigenvalue weighted by Gasteiger charge is 2.25. The number of aliphatic hydroxyl groups excluding tert-OH is 1. The molecule has 11 heteroatoms. The van der Waals surface area contributed by atoms with Crippen LogP contribution in [0.2, 0.25) is 0 Å². The van der Waals surface area contributed by atoms with Crippen molar-refractivity contribution in [3.05, 3.63) is 57.7 Å². The van der Waals surface area contributed by atoms with Gasteiger partial charge in [0.1, 0.15) is 18.2 Å². The quantitative estimate of drug-likeness (QED) is 0.237. The fraction of sp³-hybridized carbons (Fsp3) is 0.176. The van der Waals surface area contributed by atoms with Gasteiger partial charge in [-0.3, -0.25) is 14.9 Å². The molecule has 0 saturated carbocycles. The van der Waals surface area contributed by atoms with E-state index in [0.29, 0.717) is 5.69 Å². The molecule has 0 bridgehead atoms. The lowest BCUT2D eigenvalue weighted by Gasteiger charge is -2.11. The van der Waals surface area contributed by atoms with Gasteiger partial charge < -0.3 is 19.9 Å². The Bertz CT molecular complexity index is 968. The third-order valence-electron chi connectivity index (χ3n) is 3.58. The zero-order valence-corrected chi connectivity index (χ0v) is 14.9. The highest BCUT2D eigenvalue weighted by atomic mass is 16.6. The van der Waals surface area contributed by atoms with E-state index in [2.05, 4.69) is 15.3 Å². The van der Waals surface area contributed by atoms with Crippen molar-refractivity contribution in [2.24, 2.45) is 0 Å². The Morgan fingerprint density at radius 3 is 2.68 bits per heavy atom. The average molecular weight is 385 g/mol. The summed E-state index contributed by atoms with van der Waals surface area (Å²) in [6, 6.07) is 5.35.